The molecule has 0 saturated heterocycles. The molecule has 0 saturated carbocycles. The summed E-state index contributed by atoms with van der Waals surface area (Å²) in [6.45, 7) is 9.59. The first-order valence-corrected chi connectivity index (χ1v) is 5.39. The quantitative estimate of drug-likeness (QED) is 0.432. The molecule has 1 heteroatoms. The molecule has 0 aromatic carbocycles. The molecule has 0 N–H and O–H groups in total. The van der Waals surface area contributed by atoms with E-state index in [2.05, 4.69) is 32.9 Å². The lowest BCUT2D eigenvalue weighted by molar-refractivity contribution is 0.0599. The molecule has 1 atom stereocenters. The third kappa shape index (κ3) is 9.62. The van der Waals surface area contributed by atoms with Crippen molar-refractivity contribution in [1.82, 2.24) is 0 Å². The maximum Gasteiger partial charge on any atom is 0.0547 e. The third-order valence-corrected chi connectivity index (χ3v) is 2.07. The molecule has 0 rings (SSSR count). The molecule has 0 radical (unpaired) electrons. The molecule has 1 unspecified atom stereocenters. The SMILES string of the molecule is CC=CCCOC(C)CCC(C)C. The van der Waals surface area contributed by atoms with Gasteiger partial charge < -0.3 is 4.74 Å². The number of ether oxygens (including phenoxy) is 1. The van der Waals surface area contributed by atoms with Crippen molar-refractivity contribution in [3.63, 3.8) is 0 Å². The van der Waals surface area contributed by atoms with Crippen molar-refractivity contribution < 1.29 is 4.74 Å². The van der Waals surface area contributed by atoms with Gasteiger partial charge in [0.15, 0.2) is 0 Å². The summed E-state index contributed by atoms with van der Waals surface area (Å²) in [6.07, 6.45) is 8.14. The zero-order valence-electron chi connectivity index (χ0n) is 9.55. The van der Waals surface area contributed by atoms with Crippen molar-refractivity contribution in [3.8, 4) is 0 Å². The third-order valence-electron chi connectivity index (χ3n) is 2.07. The number of allylic oxidation sites excluding steroid dienone is 1. The van der Waals surface area contributed by atoms with Crippen LogP contribution in [0.3, 0.4) is 0 Å². The molecule has 0 spiro atoms. The van der Waals surface area contributed by atoms with Crippen LogP contribution in [0.5, 0.6) is 0 Å². The van der Waals surface area contributed by atoms with Gasteiger partial charge >= 0.3 is 0 Å². The molecule has 0 fully saturated rings. The summed E-state index contributed by atoms with van der Waals surface area (Å²) in [5.74, 6) is 0.793. The summed E-state index contributed by atoms with van der Waals surface area (Å²) in [5.41, 5.74) is 0. The number of rotatable bonds is 7. The zero-order chi connectivity index (χ0) is 10.1. The summed E-state index contributed by atoms with van der Waals surface area (Å²) >= 11 is 0. The predicted molar refractivity (Wildman–Crippen MR) is 58.9 cm³/mol. The first-order valence-electron chi connectivity index (χ1n) is 5.39. The lowest BCUT2D eigenvalue weighted by Crippen LogP contribution is -2.09. The van der Waals surface area contributed by atoms with E-state index in [4.69, 9.17) is 4.74 Å². The van der Waals surface area contributed by atoms with Crippen LogP contribution in [0.25, 0.3) is 0 Å². The highest BCUT2D eigenvalue weighted by atomic mass is 16.5. The van der Waals surface area contributed by atoms with Crippen LogP contribution in [-0.2, 0) is 4.74 Å². The second kappa shape index (κ2) is 8.31. The predicted octanol–water partition coefficient (Wildman–Crippen LogP) is 3.79. The second-order valence-corrected chi connectivity index (χ2v) is 4.01. The zero-order valence-corrected chi connectivity index (χ0v) is 9.55. The highest BCUT2D eigenvalue weighted by Gasteiger charge is 2.02. The molecular weight excluding hydrogens is 160 g/mol. The van der Waals surface area contributed by atoms with Crippen LogP contribution in [0.4, 0.5) is 0 Å². The summed E-state index contributed by atoms with van der Waals surface area (Å²) in [4.78, 5) is 0. The molecule has 78 valence electrons. The van der Waals surface area contributed by atoms with E-state index in [1.165, 1.54) is 12.8 Å². The topological polar surface area (TPSA) is 9.23 Å². The van der Waals surface area contributed by atoms with E-state index in [9.17, 15) is 0 Å². The van der Waals surface area contributed by atoms with E-state index in [0.29, 0.717) is 6.10 Å². The molecular formula is C12H24O. The summed E-state index contributed by atoms with van der Waals surface area (Å²) < 4.78 is 5.64. The van der Waals surface area contributed by atoms with Gasteiger partial charge in [-0.2, -0.15) is 0 Å². The van der Waals surface area contributed by atoms with Crippen molar-refractivity contribution >= 4 is 0 Å². The van der Waals surface area contributed by atoms with E-state index in [0.717, 1.165) is 18.9 Å². The molecule has 0 amide bonds. The van der Waals surface area contributed by atoms with Crippen molar-refractivity contribution in [1.29, 1.82) is 0 Å². The van der Waals surface area contributed by atoms with Crippen LogP contribution in [0.2, 0.25) is 0 Å². The maximum atomic E-state index is 5.64. The van der Waals surface area contributed by atoms with Crippen LogP contribution in [0, 0.1) is 5.92 Å². The van der Waals surface area contributed by atoms with E-state index in [1.54, 1.807) is 0 Å². The summed E-state index contributed by atoms with van der Waals surface area (Å²) in [5, 5.41) is 0. The van der Waals surface area contributed by atoms with E-state index in [1.807, 2.05) is 6.92 Å². The fraction of sp³-hybridized carbons (Fsp3) is 0.833. The van der Waals surface area contributed by atoms with Gasteiger partial charge in [0.25, 0.3) is 0 Å². The monoisotopic (exact) mass is 184 g/mol. The Bertz CT molecular complexity index is 127. The van der Waals surface area contributed by atoms with Crippen molar-refractivity contribution in [3.05, 3.63) is 12.2 Å². The minimum Gasteiger partial charge on any atom is -0.378 e. The van der Waals surface area contributed by atoms with Gasteiger partial charge in [-0.3, -0.25) is 0 Å². The van der Waals surface area contributed by atoms with Crippen molar-refractivity contribution in [2.24, 2.45) is 5.92 Å². The molecule has 13 heavy (non-hydrogen) atoms. The number of hydrogen-bond donors (Lipinski definition) is 0. The molecule has 1 nitrogen and oxygen atoms in total. The molecule has 0 bridgehead atoms. The summed E-state index contributed by atoms with van der Waals surface area (Å²) in [6, 6.07) is 0. The Morgan fingerprint density at radius 3 is 2.38 bits per heavy atom. The van der Waals surface area contributed by atoms with Crippen molar-refractivity contribution in [2.45, 2.75) is 53.1 Å². The first-order chi connectivity index (χ1) is 6.16. The van der Waals surface area contributed by atoms with Crippen LogP contribution in [-0.4, -0.2) is 12.7 Å². The molecule has 0 aromatic rings. The fourth-order valence-electron chi connectivity index (χ4n) is 1.16. The minimum absolute atomic E-state index is 0.424. The lowest BCUT2D eigenvalue weighted by atomic mass is 10.1. The lowest BCUT2D eigenvalue weighted by Gasteiger charge is -2.13. The van der Waals surface area contributed by atoms with Crippen LogP contribution in [0.15, 0.2) is 12.2 Å². The average molecular weight is 184 g/mol. The summed E-state index contributed by atoms with van der Waals surface area (Å²) in [7, 11) is 0. The molecule has 0 aromatic heterocycles. The Morgan fingerprint density at radius 1 is 1.15 bits per heavy atom. The Kier molecular flexibility index (Phi) is 8.11. The maximum absolute atomic E-state index is 5.64. The van der Waals surface area contributed by atoms with Gasteiger partial charge in [-0.25, -0.2) is 0 Å². The fourth-order valence-corrected chi connectivity index (χ4v) is 1.16. The van der Waals surface area contributed by atoms with Crippen molar-refractivity contribution in [2.75, 3.05) is 6.61 Å². The van der Waals surface area contributed by atoms with E-state index < -0.39 is 0 Å². The normalized spacial score (nSPS) is 14.2. The highest BCUT2D eigenvalue weighted by molar-refractivity contribution is 4.76. The van der Waals surface area contributed by atoms with E-state index >= 15 is 0 Å². The largest absolute Gasteiger partial charge is 0.378 e. The van der Waals surface area contributed by atoms with Gasteiger partial charge in [0.2, 0.25) is 0 Å². The average Bonchev–Trinajstić information content (AvgIpc) is 2.09. The molecule has 0 aliphatic carbocycles. The van der Waals surface area contributed by atoms with E-state index in [-0.39, 0.29) is 0 Å². The smallest absolute Gasteiger partial charge is 0.0547 e. The standard InChI is InChI=1S/C12H24O/c1-5-6-7-10-13-12(4)9-8-11(2)3/h5-6,11-12H,7-10H2,1-4H3. The van der Waals surface area contributed by atoms with Gasteiger partial charge in [0.1, 0.15) is 0 Å². The first kappa shape index (κ1) is 12.7. The Morgan fingerprint density at radius 2 is 1.85 bits per heavy atom. The van der Waals surface area contributed by atoms with Crippen LogP contribution < -0.4 is 0 Å². The highest BCUT2D eigenvalue weighted by Crippen LogP contribution is 2.09. The van der Waals surface area contributed by atoms with Crippen LogP contribution in [0.1, 0.15) is 47.0 Å². The minimum atomic E-state index is 0.424. The second-order valence-electron chi connectivity index (χ2n) is 4.01. The molecule has 0 aliphatic heterocycles. The van der Waals surface area contributed by atoms with Gasteiger partial charge in [-0.1, -0.05) is 26.0 Å². The van der Waals surface area contributed by atoms with Gasteiger partial charge in [0.05, 0.1) is 12.7 Å². The Balaban J connectivity index is 3.24. The Hall–Kier alpha value is -0.300. The van der Waals surface area contributed by atoms with Crippen LogP contribution >= 0.6 is 0 Å². The number of hydrogen-bond acceptors (Lipinski definition) is 1. The molecule has 0 heterocycles. The van der Waals surface area contributed by atoms with Gasteiger partial charge in [-0.15, -0.1) is 0 Å². The Labute approximate surface area is 83.2 Å². The molecule has 0 aliphatic rings. The van der Waals surface area contributed by atoms with Gasteiger partial charge in [0, 0.05) is 0 Å². The van der Waals surface area contributed by atoms with Gasteiger partial charge in [-0.05, 0) is 39.0 Å².